The molecule has 0 fully saturated rings. The number of nitrogens with zero attached hydrogens (tertiary/aromatic N) is 1. The number of thioether (sulfide) groups is 1. The zero-order valence-corrected chi connectivity index (χ0v) is 10.5. The van der Waals surface area contributed by atoms with Crippen LogP contribution in [-0.4, -0.2) is 10.1 Å². The molecule has 88 valence electrons. The Morgan fingerprint density at radius 3 is 2.88 bits per heavy atom. The van der Waals surface area contributed by atoms with Gasteiger partial charge in [-0.2, -0.15) is 0 Å². The maximum Gasteiger partial charge on any atom is 0.0762 e. The van der Waals surface area contributed by atoms with Crippen LogP contribution in [0.3, 0.4) is 0 Å². The highest BCUT2D eigenvalue weighted by atomic mass is 32.2. The highest BCUT2D eigenvalue weighted by Gasteiger charge is 2.02. The highest BCUT2D eigenvalue weighted by molar-refractivity contribution is 7.98. The molecule has 0 spiro atoms. The Kier molecular flexibility index (Phi) is 4.18. The lowest BCUT2D eigenvalue weighted by molar-refractivity contribution is 0.199. The zero-order chi connectivity index (χ0) is 12.1. The molecule has 1 unspecified atom stereocenters. The average molecular weight is 245 g/mol. The van der Waals surface area contributed by atoms with E-state index in [9.17, 15) is 5.11 Å². The minimum absolute atomic E-state index is 0.408. The predicted molar refractivity (Wildman–Crippen MR) is 70.9 cm³/mol. The third-order valence-corrected chi connectivity index (χ3v) is 3.53. The van der Waals surface area contributed by atoms with E-state index in [4.69, 9.17) is 0 Å². The number of benzene rings is 1. The molecule has 3 heteroatoms. The van der Waals surface area contributed by atoms with Crippen LogP contribution in [0.2, 0.25) is 0 Å². The molecule has 0 aliphatic rings. The number of pyridine rings is 1. The second-order valence-electron chi connectivity index (χ2n) is 3.90. The monoisotopic (exact) mass is 245 g/mol. The first kappa shape index (κ1) is 12.1. The molecule has 0 saturated heterocycles. The Hall–Kier alpha value is -1.32. The van der Waals surface area contributed by atoms with Crippen molar-refractivity contribution in [1.29, 1.82) is 0 Å². The summed E-state index contributed by atoms with van der Waals surface area (Å²) < 4.78 is 0. The van der Waals surface area contributed by atoms with Crippen LogP contribution < -0.4 is 0 Å². The summed E-state index contributed by atoms with van der Waals surface area (Å²) in [6, 6.07) is 12.0. The van der Waals surface area contributed by atoms with E-state index in [1.54, 1.807) is 24.9 Å². The number of aromatic nitrogens is 1. The van der Waals surface area contributed by atoms with E-state index in [1.165, 1.54) is 10.5 Å². The summed E-state index contributed by atoms with van der Waals surface area (Å²) in [5.74, 6) is 0.900. The molecule has 2 rings (SSSR count). The summed E-state index contributed by atoms with van der Waals surface area (Å²) >= 11 is 1.75. The van der Waals surface area contributed by atoms with Gasteiger partial charge in [0.15, 0.2) is 0 Å². The molecule has 0 amide bonds. The van der Waals surface area contributed by atoms with Crippen molar-refractivity contribution in [3.63, 3.8) is 0 Å². The van der Waals surface area contributed by atoms with E-state index in [-0.39, 0.29) is 0 Å². The van der Waals surface area contributed by atoms with E-state index in [0.29, 0.717) is 0 Å². The fourth-order valence-electron chi connectivity index (χ4n) is 1.51. The predicted octanol–water partition coefficient (Wildman–Crippen LogP) is 3.43. The summed E-state index contributed by atoms with van der Waals surface area (Å²) in [6.07, 6.45) is 3.25. The molecule has 1 N–H and O–H groups in total. The molecule has 2 nitrogen and oxygen atoms in total. The lowest BCUT2D eigenvalue weighted by Crippen LogP contribution is -1.90. The van der Waals surface area contributed by atoms with Gasteiger partial charge in [0, 0.05) is 23.0 Å². The van der Waals surface area contributed by atoms with Crippen molar-refractivity contribution in [3.8, 4) is 0 Å². The Labute approximate surface area is 106 Å². The van der Waals surface area contributed by atoms with Crippen LogP contribution in [0, 0.1) is 0 Å². The minimum Gasteiger partial charge on any atom is -0.389 e. The fraction of sp³-hybridized carbons (Fsp3) is 0.214. The quantitative estimate of drug-likeness (QED) is 0.838. The number of rotatable bonds is 4. The first-order chi connectivity index (χ1) is 8.25. The van der Waals surface area contributed by atoms with Gasteiger partial charge in [0.25, 0.3) is 0 Å². The molecular weight excluding hydrogens is 230 g/mol. The first-order valence-electron chi connectivity index (χ1n) is 5.55. The number of aliphatic hydroxyl groups excluding tert-OH is 1. The molecule has 1 aromatic heterocycles. The number of aliphatic hydroxyl groups is 1. The second-order valence-corrected chi connectivity index (χ2v) is 4.95. The van der Waals surface area contributed by atoms with Crippen LogP contribution in [0.1, 0.15) is 24.2 Å². The topological polar surface area (TPSA) is 33.1 Å². The molecule has 1 aromatic carbocycles. The molecule has 0 aliphatic carbocycles. The third kappa shape index (κ3) is 3.58. The van der Waals surface area contributed by atoms with E-state index in [1.807, 2.05) is 30.5 Å². The normalized spacial score (nSPS) is 12.4. The lowest BCUT2D eigenvalue weighted by atomic mass is 10.1. The van der Waals surface area contributed by atoms with E-state index >= 15 is 0 Å². The van der Waals surface area contributed by atoms with Gasteiger partial charge in [-0.05, 0) is 36.2 Å². The van der Waals surface area contributed by atoms with Gasteiger partial charge in [0.05, 0.1) is 6.10 Å². The molecule has 0 radical (unpaired) electrons. The van der Waals surface area contributed by atoms with Crippen LogP contribution in [0.25, 0.3) is 0 Å². The molecule has 0 aliphatic heterocycles. The summed E-state index contributed by atoms with van der Waals surface area (Å²) in [7, 11) is 0. The van der Waals surface area contributed by atoms with Crippen LogP contribution >= 0.6 is 11.8 Å². The van der Waals surface area contributed by atoms with Gasteiger partial charge in [0.1, 0.15) is 0 Å². The smallest absolute Gasteiger partial charge is 0.0762 e. The molecule has 17 heavy (non-hydrogen) atoms. The van der Waals surface area contributed by atoms with Gasteiger partial charge in [-0.3, -0.25) is 4.98 Å². The van der Waals surface area contributed by atoms with Gasteiger partial charge in [-0.25, -0.2) is 0 Å². The molecule has 1 atom stereocenters. The van der Waals surface area contributed by atoms with Gasteiger partial charge in [0.2, 0.25) is 0 Å². The van der Waals surface area contributed by atoms with Gasteiger partial charge in [-0.15, -0.1) is 11.8 Å². The van der Waals surface area contributed by atoms with Crippen molar-refractivity contribution in [2.75, 3.05) is 0 Å². The van der Waals surface area contributed by atoms with Crippen LogP contribution in [0.15, 0.2) is 53.7 Å². The molecule has 2 aromatic rings. The van der Waals surface area contributed by atoms with Gasteiger partial charge in [-0.1, -0.05) is 18.2 Å². The Bertz CT molecular complexity index is 471. The summed E-state index contributed by atoms with van der Waals surface area (Å²) in [5.41, 5.74) is 2.17. The maximum absolute atomic E-state index is 9.51. The number of hydrogen-bond donors (Lipinski definition) is 1. The van der Waals surface area contributed by atoms with Crippen LogP contribution in [0.4, 0.5) is 0 Å². The van der Waals surface area contributed by atoms with Crippen LogP contribution in [-0.2, 0) is 5.75 Å². The second kappa shape index (κ2) is 5.84. The van der Waals surface area contributed by atoms with Crippen LogP contribution in [0.5, 0.6) is 0 Å². The zero-order valence-electron chi connectivity index (χ0n) is 9.71. The average Bonchev–Trinajstić information content (AvgIpc) is 2.38. The van der Waals surface area contributed by atoms with Crippen molar-refractivity contribution < 1.29 is 5.11 Å². The highest BCUT2D eigenvalue weighted by Crippen LogP contribution is 2.25. The Balaban J connectivity index is 2.02. The van der Waals surface area contributed by atoms with Crippen molar-refractivity contribution in [1.82, 2.24) is 4.98 Å². The standard InChI is InChI=1S/C14H15NOS/c1-11(16)13-5-2-6-14(8-13)17-10-12-4-3-7-15-9-12/h2-9,11,16H,10H2,1H3. The van der Waals surface area contributed by atoms with Gasteiger partial charge < -0.3 is 5.11 Å². The molecule has 0 bridgehead atoms. The summed E-state index contributed by atoms with van der Waals surface area (Å²) in [4.78, 5) is 5.26. The Morgan fingerprint density at radius 1 is 1.29 bits per heavy atom. The largest absolute Gasteiger partial charge is 0.389 e. The first-order valence-corrected chi connectivity index (χ1v) is 6.54. The van der Waals surface area contributed by atoms with E-state index in [2.05, 4.69) is 17.1 Å². The van der Waals surface area contributed by atoms with Crippen molar-refractivity contribution >= 4 is 11.8 Å². The van der Waals surface area contributed by atoms with Gasteiger partial charge >= 0.3 is 0 Å². The fourth-order valence-corrected chi connectivity index (χ4v) is 2.41. The third-order valence-electron chi connectivity index (χ3n) is 2.47. The SMILES string of the molecule is CC(O)c1cccc(SCc2cccnc2)c1. The van der Waals surface area contributed by atoms with Crippen molar-refractivity contribution in [3.05, 3.63) is 59.9 Å². The minimum atomic E-state index is -0.408. The van der Waals surface area contributed by atoms with Crippen molar-refractivity contribution in [2.45, 2.75) is 23.7 Å². The lowest BCUT2D eigenvalue weighted by Gasteiger charge is -2.07. The molecular formula is C14H15NOS. The van der Waals surface area contributed by atoms with Crippen molar-refractivity contribution in [2.24, 2.45) is 0 Å². The van der Waals surface area contributed by atoms with E-state index in [0.717, 1.165) is 11.3 Å². The van der Waals surface area contributed by atoms with E-state index < -0.39 is 6.10 Å². The molecule has 0 saturated carbocycles. The summed E-state index contributed by atoms with van der Waals surface area (Å²) in [5, 5.41) is 9.51. The Morgan fingerprint density at radius 2 is 2.18 bits per heavy atom. The summed E-state index contributed by atoms with van der Waals surface area (Å²) in [6.45, 7) is 1.78. The molecule has 1 heterocycles. The maximum atomic E-state index is 9.51. The number of hydrogen-bond acceptors (Lipinski definition) is 3.